The van der Waals surface area contributed by atoms with Crippen molar-refractivity contribution in [2.24, 2.45) is 4.99 Å². The number of nitrogens with one attached hydrogen (secondary N) is 2. The predicted molar refractivity (Wildman–Crippen MR) is 91.2 cm³/mol. The van der Waals surface area contributed by atoms with Crippen molar-refractivity contribution in [1.29, 1.82) is 0 Å². The zero-order valence-electron chi connectivity index (χ0n) is 12.5. The van der Waals surface area contributed by atoms with Gasteiger partial charge in [-0.2, -0.15) is 0 Å². The van der Waals surface area contributed by atoms with Crippen molar-refractivity contribution in [2.45, 2.75) is 19.9 Å². The van der Waals surface area contributed by atoms with Crippen molar-refractivity contribution in [2.75, 3.05) is 26.8 Å². The van der Waals surface area contributed by atoms with Crippen LogP contribution in [0.5, 0.6) is 0 Å². The van der Waals surface area contributed by atoms with Gasteiger partial charge in [-0.05, 0) is 19.9 Å². The lowest BCUT2D eigenvalue weighted by Crippen LogP contribution is -2.39. The van der Waals surface area contributed by atoms with Gasteiger partial charge in [-0.15, -0.1) is 24.0 Å². The number of aliphatic imine (C=N–C) groups is 1. The molecule has 0 heterocycles. The molecule has 0 aliphatic carbocycles. The average molecular weight is 413 g/mol. The summed E-state index contributed by atoms with van der Waals surface area (Å²) in [6.07, 6.45) is 0. The number of hydrogen-bond donors (Lipinski definition) is 2. The number of ether oxygens (including phenoxy) is 1. The number of halogens is 3. The van der Waals surface area contributed by atoms with Gasteiger partial charge < -0.3 is 15.4 Å². The van der Waals surface area contributed by atoms with Gasteiger partial charge in [0, 0.05) is 25.3 Å². The van der Waals surface area contributed by atoms with Crippen molar-refractivity contribution in [3.63, 3.8) is 0 Å². The first-order valence-electron chi connectivity index (χ1n) is 6.57. The highest BCUT2D eigenvalue weighted by molar-refractivity contribution is 14.0. The maximum Gasteiger partial charge on any atom is 0.191 e. The Labute approximate surface area is 141 Å². The minimum absolute atomic E-state index is 0. The van der Waals surface area contributed by atoms with Gasteiger partial charge in [0.2, 0.25) is 0 Å². The highest BCUT2D eigenvalue weighted by atomic mass is 127. The fourth-order valence-corrected chi connectivity index (χ4v) is 1.70. The summed E-state index contributed by atoms with van der Waals surface area (Å²) in [6, 6.07) is 3.23. The van der Waals surface area contributed by atoms with E-state index in [4.69, 9.17) is 4.74 Å². The van der Waals surface area contributed by atoms with E-state index in [1.165, 1.54) is 12.1 Å². The summed E-state index contributed by atoms with van der Waals surface area (Å²) in [7, 11) is 1.60. The van der Waals surface area contributed by atoms with Crippen LogP contribution in [-0.2, 0) is 4.74 Å². The lowest BCUT2D eigenvalue weighted by molar-refractivity contribution is 0.208. The fraction of sp³-hybridized carbons (Fsp3) is 0.500. The Morgan fingerprint density at radius 1 is 1.38 bits per heavy atom. The smallest absolute Gasteiger partial charge is 0.191 e. The zero-order valence-corrected chi connectivity index (χ0v) is 14.8. The monoisotopic (exact) mass is 413 g/mol. The van der Waals surface area contributed by atoms with Gasteiger partial charge in [0.25, 0.3) is 0 Å². The third-order valence-corrected chi connectivity index (χ3v) is 2.69. The Morgan fingerprint density at radius 2 is 2.10 bits per heavy atom. The normalized spacial score (nSPS) is 12.5. The lowest BCUT2D eigenvalue weighted by atomic mass is 10.1. The van der Waals surface area contributed by atoms with Crippen LogP contribution in [0.2, 0.25) is 0 Å². The third kappa shape index (κ3) is 7.03. The van der Waals surface area contributed by atoms with Crippen LogP contribution in [-0.4, -0.2) is 32.8 Å². The van der Waals surface area contributed by atoms with Gasteiger partial charge in [-0.25, -0.2) is 8.78 Å². The molecule has 21 heavy (non-hydrogen) atoms. The summed E-state index contributed by atoms with van der Waals surface area (Å²) >= 11 is 0. The molecule has 0 aliphatic rings. The van der Waals surface area contributed by atoms with Crippen molar-refractivity contribution in [1.82, 2.24) is 10.6 Å². The second-order valence-corrected chi connectivity index (χ2v) is 4.29. The highest BCUT2D eigenvalue weighted by Gasteiger charge is 2.12. The van der Waals surface area contributed by atoms with E-state index in [1.807, 2.05) is 6.92 Å². The van der Waals surface area contributed by atoms with E-state index in [-0.39, 0.29) is 30.0 Å². The number of methoxy groups -OCH3 is 1. The molecule has 1 aromatic carbocycles. The van der Waals surface area contributed by atoms with Crippen LogP contribution < -0.4 is 10.6 Å². The molecule has 0 fully saturated rings. The van der Waals surface area contributed by atoms with Crippen molar-refractivity contribution in [3.8, 4) is 0 Å². The fourth-order valence-electron chi connectivity index (χ4n) is 1.70. The Bertz CT molecular complexity index is 458. The van der Waals surface area contributed by atoms with Crippen LogP contribution in [0.25, 0.3) is 0 Å². The second-order valence-electron chi connectivity index (χ2n) is 4.29. The number of benzene rings is 1. The largest absolute Gasteiger partial charge is 0.383 e. The molecule has 2 N–H and O–H groups in total. The molecule has 0 aliphatic heterocycles. The molecular formula is C14H22F2IN3O. The third-order valence-electron chi connectivity index (χ3n) is 2.69. The van der Waals surface area contributed by atoms with Gasteiger partial charge in [0.15, 0.2) is 5.96 Å². The minimum Gasteiger partial charge on any atom is -0.383 e. The molecule has 0 radical (unpaired) electrons. The first kappa shape index (κ1) is 20.0. The van der Waals surface area contributed by atoms with E-state index < -0.39 is 11.6 Å². The van der Waals surface area contributed by atoms with Crippen LogP contribution in [0.4, 0.5) is 8.78 Å². The van der Waals surface area contributed by atoms with E-state index in [2.05, 4.69) is 15.6 Å². The number of rotatable bonds is 6. The second kappa shape index (κ2) is 10.7. The summed E-state index contributed by atoms with van der Waals surface area (Å²) in [6.45, 7) is 5.44. The van der Waals surface area contributed by atoms with Crippen LogP contribution in [0.1, 0.15) is 25.5 Å². The standard InChI is InChI=1S/C14H21F2N3O.HI/c1-4-17-14(18-7-8-20-3)19-10(2)12-6-5-11(15)9-13(12)16;/h5-6,9-10H,4,7-8H2,1-3H3,(H2,17,18,19);1H. The van der Waals surface area contributed by atoms with Gasteiger partial charge >= 0.3 is 0 Å². The molecule has 1 unspecified atom stereocenters. The molecule has 0 bridgehead atoms. The quantitative estimate of drug-likeness (QED) is 0.326. The maximum absolute atomic E-state index is 13.7. The average Bonchev–Trinajstić information content (AvgIpc) is 2.39. The Hall–Kier alpha value is -0.960. The summed E-state index contributed by atoms with van der Waals surface area (Å²) in [5, 5.41) is 6.13. The van der Waals surface area contributed by atoms with E-state index in [9.17, 15) is 8.78 Å². The molecule has 120 valence electrons. The first-order chi connectivity index (χ1) is 9.58. The van der Waals surface area contributed by atoms with Crippen LogP contribution in [0.15, 0.2) is 23.2 Å². The molecule has 0 saturated carbocycles. The number of nitrogens with zero attached hydrogens (tertiary/aromatic N) is 1. The summed E-state index contributed by atoms with van der Waals surface area (Å²) in [5.41, 5.74) is 0.392. The van der Waals surface area contributed by atoms with E-state index in [1.54, 1.807) is 14.0 Å². The molecule has 4 nitrogen and oxygen atoms in total. The van der Waals surface area contributed by atoms with Crippen LogP contribution in [0, 0.1) is 11.6 Å². The molecule has 0 spiro atoms. The number of guanidine groups is 1. The van der Waals surface area contributed by atoms with Gasteiger partial charge in [-0.1, -0.05) is 6.07 Å². The van der Waals surface area contributed by atoms with E-state index in [0.29, 0.717) is 31.2 Å². The Morgan fingerprint density at radius 3 is 2.67 bits per heavy atom. The minimum atomic E-state index is -0.584. The van der Waals surface area contributed by atoms with Crippen LogP contribution in [0.3, 0.4) is 0 Å². The summed E-state index contributed by atoms with van der Waals surface area (Å²) in [5.74, 6) is -0.586. The zero-order chi connectivity index (χ0) is 15.0. The first-order valence-corrected chi connectivity index (χ1v) is 6.57. The van der Waals surface area contributed by atoms with Gasteiger partial charge in [-0.3, -0.25) is 4.99 Å². The van der Waals surface area contributed by atoms with Gasteiger partial charge in [0.1, 0.15) is 11.6 Å². The highest BCUT2D eigenvalue weighted by Crippen LogP contribution is 2.17. The summed E-state index contributed by atoms with van der Waals surface area (Å²) < 4.78 is 31.5. The van der Waals surface area contributed by atoms with Crippen molar-refractivity contribution < 1.29 is 13.5 Å². The SMILES string of the molecule is CCNC(=NCCOC)NC(C)c1ccc(F)cc1F.I. The summed E-state index contributed by atoms with van der Waals surface area (Å²) in [4.78, 5) is 4.29. The van der Waals surface area contributed by atoms with Crippen LogP contribution >= 0.6 is 24.0 Å². The van der Waals surface area contributed by atoms with E-state index in [0.717, 1.165) is 6.07 Å². The van der Waals surface area contributed by atoms with Crippen molar-refractivity contribution >= 4 is 29.9 Å². The topological polar surface area (TPSA) is 45.7 Å². The molecular weight excluding hydrogens is 391 g/mol. The molecule has 0 saturated heterocycles. The van der Waals surface area contributed by atoms with Crippen molar-refractivity contribution in [3.05, 3.63) is 35.4 Å². The molecule has 0 aromatic heterocycles. The number of hydrogen-bond acceptors (Lipinski definition) is 2. The van der Waals surface area contributed by atoms with E-state index >= 15 is 0 Å². The Kier molecular flexibility index (Phi) is 10.2. The molecule has 1 atom stereocenters. The maximum atomic E-state index is 13.7. The Balaban J connectivity index is 0.00000400. The molecule has 7 heteroatoms. The lowest BCUT2D eigenvalue weighted by Gasteiger charge is -2.18. The molecule has 1 aromatic rings. The van der Waals surface area contributed by atoms with Gasteiger partial charge in [0.05, 0.1) is 19.2 Å². The molecule has 1 rings (SSSR count). The molecule has 0 amide bonds. The predicted octanol–water partition coefficient (Wildman–Crippen LogP) is 2.85.